The Morgan fingerprint density at radius 2 is 2.12 bits per heavy atom. The van der Waals surface area contributed by atoms with Crippen molar-refractivity contribution in [3.8, 4) is 11.5 Å². The van der Waals surface area contributed by atoms with Gasteiger partial charge in [-0.15, -0.1) is 0 Å². The van der Waals surface area contributed by atoms with Crippen LogP contribution in [0.15, 0.2) is 12.1 Å². The number of nitrogens with one attached hydrogen (secondary N) is 1. The molecule has 1 spiro atoms. The largest absolute Gasteiger partial charge is 0.480 e. The van der Waals surface area contributed by atoms with Crippen LogP contribution in [0.2, 0.25) is 0 Å². The van der Waals surface area contributed by atoms with E-state index in [1.54, 1.807) is 13.0 Å². The number of ether oxygens (including phenoxy) is 2. The van der Waals surface area contributed by atoms with Crippen LogP contribution in [0, 0.1) is 11.8 Å². The normalized spacial score (nSPS) is 33.5. The minimum absolute atomic E-state index is 0.0301. The van der Waals surface area contributed by atoms with Crippen LogP contribution in [0.25, 0.3) is 0 Å². The molecule has 8 heteroatoms. The third-order valence-corrected chi connectivity index (χ3v) is 8.38. The van der Waals surface area contributed by atoms with Gasteiger partial charge in [0, 0.05) is 12.0 Å². The highest BCUT2D eigenvalue weighted by Crippen LogP contribution is 2.66. The number of hydrogen-bond donors (Lipinski definition) is 3. The van der Waals surface area contributed by atoms with Gasteiger partial charge >= 0.3 is 12.1 Å². The van der Waals surface area contributed by atoms with Crippen molar-refractivity contribution in [1.29, 1.82) is 0 Å². The fourth-order valence-electron chi connectivity index (χ4n) is 6.65. The van der Waals surface area contributed by atoms with Gasteiger partial charge in [-0.05, 0) is 49.1 Å². The van der Waals surface area contributed by atoms with Crippen LogP contribution < -0.4 is 14.8 Å². The molecule has 1 aromatic rings. The molecule has 0 saturated heterocycles. The smallest absolute Gasteiger partial charge is 0.413 e. The van der Waals surface area contributed by atoms with Crippen LogP contribution in [0.5, 0.6) is 11.5 Å². The number of hydrogen-bond acceptors (Lipinski definition) is 6. The van der Waals surface area contributed by atoms with Crippen molar-refractivity contribution in [2.75, 3.05) is 0 Å². The van der Waals surface area contributed by atoms with Gasteiger partial charge in [0.05, 0.1) is 11.0 Å². The van der Waals surface area contributed by atoms with Crippen LogP contribution >= 0.6 is 0 Å². The fraction of sp³-hybridized carbons (Fsp3) is 0.625. The summed E-state index contributed by atoms with van der Waals surface area (Å²) >= 11 is 0. The predicted molar refractivity (Wildman–Crippen MR) is 113 cm³/mol. The number of carboxylic acid groups (broad SMARTS) is 1. The summed E-state index contributed by atoms with van der Waals surface area (Å²) in [5, 5.41) is 23.7. The molecule has 172 valence electrons. The van der Waals surface area contributed by atoms with Crippen molar-refractivity contribution in [2.24, 2.45) is 11.8 Å². The van der Waals surface area contributed by atoms with Gasteiger partial charge in [0.25, 0.3) is 0 Å². The lowest BCUT2D eigenvalue weighted by Crippen LogP contribution is -2.69. The van der Waals surface area contributed by atoms with Crippen LogP contribution in [0.4, 0.5) is 4.79 Å². The van der Waals surface area contributed by atoms with Gasteiger partial charge in [-0.3, -0.25) is 4.79 Å². The lowest BCUT2D eigenvalue weighted by Gasteiger charge is -2.59. The van der Waals surface area contributed by atoms with E-state index in [0.29, 0.717) is 31.4 Å². The van der Waals surface area contributed by atoms with E-state index in [2.05, 4.69) is 5.32 Å². The molecule has 3 N–H and O–H groups in total. The van der Waals surface area contributed by atoms with Gasteiger partial charge in [0.15, 0.2) is 23.4 Å². The van der Waals surface area contributed by atoms with Crippen molar-refractivity contribution in [2.45, 2.75) is 82.0 Å². The highest BCUT2D eigenvalue weighted by Gasteiger charge is 2.71. The van der Waals surface area contributed by atoms with E-state index in [9.17, 15) is 24.6 Å². The average molecular weight is 443 g/mol. The lowest BCUT2D eigenvalue weighted by molar-refractivity contribution is -0.177. The molecule has 1 aliphatic heterocycles. The second-order valence-electron chi connectivity index (χ2n) is 9.82. The standard InChI is InChI=1S/C24H29NO7/c1-3-12(2)18(21(27)28)25-22(29)31-16-7-6-13-11-14-5-4-9-23-17(13)19(16)32-20(23)15(26)8-10-24(14,23)30/h6-7,12,14,18,20,30H,3-5,8-11H2,1-2H3,(H,25,29)(H,27,28)/t12?,14-,18-,20?,23+,24-/m1/s1. The molecule has 2 saturated carbocycles. The summed E-state index contributed by atoms with van der Waals surface area (Å²) in [6.45, 7) is 3.60. The molecule has 0 radical (unpaired) electrons. The summed E-state index contributed by atoms with van der Waals surface area (Å²) in [4.78, 5) is 37.1. The van der Waals surface area contributed by atoms with Crippen molar-refractivity contribution in [1.82, 2.24) is 5.32 Å². The van der Waals surface area contributed by atoms with Gasteiger partial charge in [-0.2, -0.15) is 0 Å². The molecule has 1 heterocycles. The number of carboxylic acids is 1. The van der Waals surface area contributed by atoms with Gasteiger partial charge in [-0.1, -0.05) is 32.8 Å². The number of benzene rings is 1. The Bertz CT molecular complexity index is 1010. The van der Waals surface area contributed by atoms with Gasteiger partial charge in [0.2, 0.25) is 0 Å². The Hall–Kier alpha value is -2.61. The molecule has 32 heavy (non-hydrogen) atoms. The van der Waals surface area contributed by atoms with E-state index in [0.717, 1.165) is 24.0 Å². The molecule has 6 atom stereocenters. The first-order chi connectivity index (χ1) is 15.2. The summed E-state index contributed by atoms with van der Waals surface area (Å²) in [6, 6.07) is 2.45. The Morgan fingerprint density at radius 1 is 1.34 bits per heavy atom. The second-order valence-corrected chi connectivity index (χ2v) is 9.82. The molecular weight excluding hydrogens is 414 g/mol. The molecule has 8 nitrogen and oxygen atoms in total. The number of ketones is 1. The molecule has 1 aromatic carbocycles. The van der Waals surface area contributed by atoms with Crippen LogP contribution in [-0.2, 0) is 21.4 Å². The Kier molecular flexibility index (Phi) is 4.78. The SMILES string of the molecule is CCC(C)[C@@H](NC(=O)Oc1ccc2c3c1OC1C(=O)CC[C@@]4(O)[C@H](CCC[C@]314)C2)C(=O)O. The molecule has 3 aliphatic carbocycles. The zero-order valence-electron chi connectivity index (χ0n) is 18.3. The third-order valence-electron chi connectivity index (χ3n) is 8.38. The van der Waals surface area contributed by atoms with Crippen molar-refractivity contribution < 1.29 is 34.1 Å². The molecule has 4 aliphatic rings. The zero-order chi connectivity index (χ0) is 22.8. The lowest BCUT2D eigenvalue weighted by atomic mass is 9.46. The van der Waals surface area contributed by atoms with Crippen LogP contribution in [0.3, 0.4) is 0 Å². The van der Waals surface area contributed by atoms with Crippen LogP contribution in [0.1, 0.15) is 63.5 Å². The molecule has 0 aromatic heterocycles. The second kappa shape index (κ2) is 7.20. The zero-order valence-corrected chi connectivity index (χ0v) is 18.3. The quantitative estimate of drug-likeness (QED) is 0.640. The first-order valence-electron chi connectivity index (χ1n) is 11.5. The number of aliphatic carboxylic acids is 1. The van der Waals surface area contributed by atoms with Crippen LogP contribution in [-0.4, -0.2) is 45.8 Å². The Balaban J connectivity index is 1.52. The summed E-state index contributed by atoms with van der Waals surface area (Å²) < 4.78 is 11.7. The summed E-state index contributed by atoms with van der Waals surface area (Å²) in [6.07, 6.45) is 2.79. The fourth-order valence-corrected chi connectivity index (χ4v) is 6.65. The summed E-state index contributed by atoms with van der Waals surface area (Å²) in [5.74, 6) is -0.863. The highest BCUT2D eigenvalue weighted by molar-refractivity contribution is 5.90. The first kappa shape index (κ1) is 21.2. The molecular formula is C24H29NO7. The Morgan fingerprint density at radius 3 is 2.84 bits per heavy atom. The monoisotopic (exact) mass is 443 g/mol. The highest BCUT2D eigenvalue weighted by atomic mass is 16.6. The Labute approximate surface area is 186 Å². The predicted octanol–water partition coefficient (Wildman–Crippen LogP) is 2.72. The van der Waals surface area contributed by atoms with E-state index in [-0.39, 0.29) is 29.8 Å². The van der Waals surface area contributed by atoms with E-state index >= 15 is 0 Å². The van der Waals surface area contributed by atoms with Crippen molar-refractivity contribution in [3.63, 3.8) is 0 Å². The van der Waals surface area contributed by atoms with Crippen molar-refractivity contribution in [3.05, 3.63) is 23.3 Å². The minimum atomic E-state index is -1.13. The number of aliphatic hydroxyl groups is 1. The third kappa shape index (κ3) is 2.68. The maximum atomic E-state index is 12.9. The first-order valence-corrected chi connectivity index (χ1v) is 11.5. The van der Waals surface area contributed by atoms with E-state index in [4.69, 9.17) is 9.47 Å². The maximum absolute atomic E-state index is 12.9. The van der Waals surface area contributed by atoms with E-state index in [1.165, 1.54) is 0 Å². The van der Waals surface area contributed by atoms with Crippen molar-refractivity contribution >= 4 is 17.8 Å². The van der Waals surface area contributed by atoms with Gasteiger partial charge in [0.1, 0.15) is 6.04 Å². The maximum Gasteiger partial charge on any atom is 0.413 e. The van der Waals surface area contributed by atoms with Gasteiger partial charge in [-0.25, -0.2) is 9.59 Å². The van der Waals surface area contributed by atoms with E-state index in [1.807, 2.05) is 13.0 Å². The number of carbonyl (C=O) groups is 3. The average Bonchev–Trinajstić information content (AvgIpc) is 3.10. The molecule has 2 bridgehead atoms. The van der Waals surface area contributed by atoms with Gasteiger partial charge < -0.3 is 25.0 Å². The molecule has 2 fully saturated rings. The molecule has 1 amide bonds. The number of rotatable bonds is 5. The number of Topliss-reactive ketones (excluding diaryl/α,β-unsaturated/α-hetero) is 1. The number of amides is 1. The minimum Gasteiger partial charge on any atom is -0.480 e. The van der Waals surface area contributed by atoms with E-state index < -0.39 is 35.2 Å². The molecule has 2 unspecified atom stereocenters. The molecule has 5 rings (SSSR count). The summed E-state index contributed by atoms with van der Waals surface area (Å²) in [7, 11) is 0. The number of carbonyl (C=O) groups excluding carboxylic acids is 2. The topological polar surface area (TPSA) is 122 Å². The summed E-state index contributed by atoms with van der Waals surface area (Å²) in [5.41, 5.74) is 0.0245.